The fraction of sp³-hybridized carbons (Fsp3) is 0.500. The maximum atomic E-state index is 12.4. The lowest BCUT2D eigenvalue weighted by Crippen LogP contribution is -2.37. The van der Waals surface area contributed by atoms with Gasteiger partial charge in [0, 0.05) is 13.7 Å². The predicted molar refractivity (Wildman–Crippen MR) is 66.6 cm³/mol. The lowest BCUT2D eigenvalue weighted by Gasteiger charge is -2.22. The van der Waals surface area contributed by atoms with Crippen LogP contribution in [0.4, 0.5) is 0 Å². The minimum absolute atomic E-state index is 0.152. The molecule has 5 nitrogen and oxygen atoms in total. The summed E-state index contributed by atoms with van der Waals surface area (Å²) in [6.45, 7) is 0.102. The van der Waals surface area contributed by atoms with Crippen LogP contribution in [0.1, 0.15) is 6.42 Å². The van der Waals surface area contributed by atoms with Crippen LogP contribution in [0.2, 0.25) is 0 Å². The molecule has 1 aliphatic heterocycles. The molecule has 1 N–H and O–H groups in total. The van der Waals surface area contributed by atoms with Gasteiger partial charge in [-0.3, -0.25) is 0 Å². The number of methoxy groups -OCH3 is 1. The first-order chi connectivity index (χ1) is 8.59. The molecule has 1 aliphatic rings. The van der Waals surface area contributed by atoms with Crippen molar-refractivity contribution in [3.63, 3.8) is 0 Å². The molecule has 0 amide bonds. The Morgan fingerprint density at radius 3 is 2.61 bits per heavy atom. The van der Waals surface area contributed by atoms with E-state index in [-0.39, 0.29) is 17.6 Å². The highest BCUT2D eigenvalue weighted by Crippen LogP contribution is 2.27. The van der Waals surface area contributed by atoms with E-state index < -0.39 is 16.1 Å². The number of hydrogen-bond donors (Lipinski definition) is 1. The van der Waals surface area contributed by atoms with Gasteiger partial charge in [-0.2, -0.15) is 4.31 Å². The molecule has 6 heteroatoms. The van der Waals surface area contributed by atoms with Crippen molar-refractivity contribution in [2.45, 2.75) is 23.5 Å². The normalized spacial score (nSPS) is 25.4. The molecule has 0 unspecified atom stereocenters. The average molecular weight is 271 g/mol. The SMILES string of the molecule is CO[C@@H]1C[C@@H](CO)N(S(=O)(=O)c2ccccc2)C1. The molecule has 100 valence electrons. The Labute approximate surface area is 107 Å². The number of sulfonamides is 1. The Hall–Kier alpha value is -0.950. The number of aliphatic hydroxyl groups excluding tert-OH is 1. The van der Waals surface area contributed by atoms with Crippen LogP contribution in [0, 0.1) is 0 Å². The molecule has 18 heavy (non-hydrogen) atoms. The lowest BCUT2D eigenvalue weighted by molar-refractivity contribution is 0.113. The number of benzene rings is 1. The molecule has 0 aliphatic carbocycles. The second-order valence-corrected chi connectivity index (χ2v) is 6.21. The van der Waals surface area contributed by atoms with Crippen molar-refractivity contribution in [3.05, 3.63) is 30.3 Å². The summed E-state index contributed by atoms with van der Waals surface area (Å²) < 4.78 is 31.4. The van der Waals surface area contributed by atoms with E-state index in [0.717, 1.165) is 0 Å². The minimum atomic E-state index is -3.55. The van der Waals surface area contributed by atoms with Gasteiger partial charge in [-0.25, -0.2) is 8.42 Å². The molecule has 0 spiro atoms. The van der Waals surface area contributed by atoms with Crippen LogP contribution in [0.25, 0.3) is 0 Å². The minimum Gasteiger partial charge on any atom is -0.395 e. The molecular weight excluding hydrogens is 254 g/mol. The summed E-state index contributed by atoms with van der Waals surface area (Å²) in [5.74, 6) is 0. The fourth-order valence-corrected chi connectivity index (χ4v) is 3.88. The van der Waals surface area contributed by atoms with E-state index >= 15 is 0 Å². The second kappa shape index (κ2) is 5.36. The van der Waals surface area contributed by atoms with Gasteiger partial charge in [0.15, 0.2) is 0 Å². The molecule has 1 fully saturated rings. The number of aliphatic hydroxyl groups is 1. The van der Waals surface area contributed by atoms with E-state index in [1.165, 1.54) is 4.31 Å². The highest BCUT2D eigenvalue weighted by molar-refractivity contribution is 7.89. The maximum absolute atomic E-state index is 12.4. The van der Waals surface area contributed by atoms with Gasteiger partial charge < -0.3 is 9.84 Å². The molecule has 0 bridgehead atoms. The summed E-state index contributed by atoms with van der Waals surface area (Å²) in [7, 11) is -2.00. The molecule has 1 heterocycles. The van der Waals surface area contributed by atoms with Crippen LogP contribution in [-0.4, -0.2) is 50.2 Å². The second-order valence-electron chi connectivity index (χ2n) is 4.32. The summed E-state index contributed by atoms with van der Waals surface area (Å²) in [5.41, 5.74) is 0. The Morgan fingerprint density at radius 2 is 2.06 bits per heavy atom. The quantitative estimate of drug-likeness (QED) is 0.864. The van der Waals surface area contributed by atoms with E-state index in [4.69, 9.17) is 4.74 Å². The van der Waals surface area contributed by atoms with Gasteiger partial charge in [-0.05, 0) is 18.6 Å². The van der Waals surface area contributed by atoms with Crippen LogP contribution < -0.4 is 0 Å². The molecule has 1 saturated heterocycles. The standard InChI is InChI=1S/C12H17NO4S/c1-17-11-7-10(9-14)13(8-11)18(15,16)12-5-3-2-4-6-12/h2-6,10-11,14H,7-9H2,1H3/t10-,11+/m0/s1. The zero-order valence-corrected chi connectivity index (χ0v) is 11.0. The third-order valence-electron chi connectivity index (χ3n) is 3.22. The highest BCUT2D eigenvalue weighted by Gasteiger charge is 2.39. The summed E-state index contributed by atoms with van der Waals surface area (Å²) in [6.07, 6.45) is 0.375. The number of hydrogen-bond acceptors (Lipinski definition) is 4. The van der Waals surface area contributed by atoms with Gasteiger partial charge in [0.05, 0.1) is 23.6 Å². The molecule has 1 aromatic rings. The summed E-state index contributed by atoms with van der Waals surface area (Å²) >= 11 is 0. The summed E-state index contributed by atoms with van der Waals surface area (Å²) in [5, 5.41) is 9.30. The van der Waals surface area contributed by atoms with Crippen LogP contribution in [0.15, 0.2) is 35.2 Å². The fourth-order valence-electron chi connectivity index (χ4n) is 2.20. The van der Waals surface area contributed by atoms with Crippen molar-refractivity contribution in [2.75, 3.05) is 20.3 Å². The molecule has 1 aromatic carbocycles. The average Bonchev–Trinajstić information content (AvgIpc) is 2.84. The largest absolute Gasteiger partial charge is 0.395 e. The smallest absolute Gasteiger partial charge is 0.243 e. The van der Waals surface area contributed by atoms with Crippen molar-refractivity contribution in [2.24, 2.45) is 0 Å². The van der Waals surface area contributed by atoms with E-state index in [2.05, 4.69) is 0 Å². The summed E-state index contributed by atoms with van der Waals surface area (Å²) in [4.78, 5) is 0.250. The number of ether oxygens (including phenoxy) is 1. The van der Waals surface area contributed by atoms with Crippen molar-refractivity contribution in [1.82, 2.24) is 4.31 Å². The Balaban J connectivity index is 2.30. The maximum Gasteiger partial charge on any atom is 0.243 e. The monoisotopic (exact) mass is 271 g/mol. The van der Waals surface area contributed by atoms with Crippen LogP contribution in [0.3, 0.4) is 0 Å². The number of nitrogens with zero attached hydrogens (tertiary/aromatic N) is 1. The van der Waals surface area contributed by atoms with Gasteiger partial charge in [0.1, 0.15) is 0 Å². The lowest BCUT2D eigenvalue weighted by atomic mass is 10.2. The van der Waals surface area contributed by atoms with Gasteiger partial charge in [0.2, 0.25) is 10.0 Å². The Kier molecular flexibility index (Phi) is 4.01. The first-order valence-electron chi connectivity index (χ1n) is 5.80. The first-order valence-corrected chi connectivity index (χ1v) is 7.24. The molecule has 2 atom stereocenters. The Morgan fingerprint density at radius 1 is 1.39 bits per heavy atom. The zero-order valence-electron chi connectivity index (χ0n) is 10.2. The predicted octanol–water partition coefficient (Wildman–Crippen LogP) is 0.457. The zero-order chi connectivity index (χ0) is 13.2. The van der Waals surface area contributed by atoms with Gasteiger partial charge in [-0.15, -0.1) is 0 Å². The third kappa shape index (κ3) is 2.42. The molecule has 2 rings (SSSR count). The van der Waals surface area contributed by atoms with Gasteiger partial charge in [0.25, 0.3) is 0 Å². The van der Waals surface area contributed by atoms with E-state index in [1.807, 2.05) is 0 Å². The van der Waals surface area contributed by atoms with Crippen molar-refractivity contribution < 1.29 is 18.3 Å². The molecular formula is C12H17NO4S. The van der Waals surface area contributed by atoms with E-state index in [1.54, 1.807) is 37.4 Å². The van der Waals surface area contributed by atoms with Gasteiger partial charge in [-0.1, -0.05) is 18.2 Å². The van der Waals surface area contributed by atoms with Crippen molar-refractivity contribution in [3.8, 4) is 0 Å². The van der Waals surface area contributed by atoms with E-state index in [9.17, 15) is 13.5 Å². The summed E-state index contributed by atoms with van der Waals surface area (Å²) in [6, 6.07) is 7.86. The topological polar surface area (TPSA) is 66.8 Å². The van der Waals surface area contributed by atoms with Crippen LogP contribution in [-0.2, 0) is 14.8 Å². The van der Waals surface area contributed by atoms with Crippen molar-refractivity contribution >= 4 is 10.0 Å². The van der Waals surface area contributed by atoms with Crippen LogP contribution >= 0.6 is 0 Å². The van der Waals surface area contributed by atoms with Gasteiger partial charge >= 0.3 is 0 Å². The Bertz CT molecular complexity index is 488. The molecule has 0 saturated carbocycles. The first kappa shape index (κ1) is 13.5. The number of rotatable bonds is 4. The van der Waals surface area contributed by atoms with Crippen molar-refractivity contribution in [1.29, 1.82) is 0 Å². The highest BCUT2D eigenvalue weighted by atomic mass is 32.2. The third-order valence-corrected chi connectivity index (χ3v) is 5.15. The van der Waals surface area contributed by atoms with E-state index in [0.29, 0.717) is 13.0 Å². The molecule has 0 aromatic heterocycles. The van der Waals surface area contributed by atoms with Crippen LogP contribution in [0.5, 0.6) is 0 Å². The molecule has 0 radical (unpaired) electrons.